The van der Waals surface area contributed by atoms with Crippen molar-refractivity contribution >= 4 is 27.6 Å². The Kier molecular flexibility index (Phi) is 5.59. The van der Waals surface area contributed by atoms with Crippen molar-refractivity contribution in [1.29, 1.82) is 0 Å². The third-order valence-electron chi connectivity index (χ3n) is 4.66. The molecule has 0 fully saturated rings. The summed E-state index contributed by atoms with van der Waals surface area (Å²) < 4.78 is 1.13. The summed E-state index contributed by atoms with van der Waals surface area (Å²) in [7, 11) is 0. The van der Waals surface area contributed by atoms with E-state index in [0.717, 1.165) is 41.4 Å². The average molecular weight is 405 g/mol. The fourth-order valence-electron chi connectivity index (χ4n) is 3.12. The first-order valence-corrected chi connectivity index (χ1v) is 9.51. The van der Waals surface area contributed by atoms with E-state index in [9.17, 15) is 5.11 Å². The molecule has 1 aromatic carbocycles. The number of rotatable bonds is 5. The van der Waals surface area contributed by atoms with Gasteiger partial charge in [-0.05, 0) is 42.5 Å². The summed E-state index contributed by atoms with van der Waals surface area (Å²) in [6, 6.07) is 8.46. The van der Waals surface area contributed by atoms with Crippen LogP contribution in [0, 0.1) is 12.8 Å². The Morgan fingerprint density at radius 1 is 1.24 bits per heavy atom. The fourth-order valence-corrected chi connectivity index (χ4v) is 3.53. The number of halogens is 1. The molecular formula is C19H25BrN4O. The molecule has 5 nitrogen and oxygen atoms in total. The Balaban J connectivity index is 1.82. The molecule has 0 radical (unpaired) electrons. The summed E-state index contributed by atoms with van der Waals surface area (Å²) in [6.45, 7) is 7.96. The van der Waals surface area contributed by atoms with E-state index in [1.807, 2.05) is 13.0 Å². The van der Waals surface area contributed by atoms with Gasteiger partial charge in [0.2, 0.25) is 0 Å². The van der Waals surface area contributed by atoms with Gasteiger partial charge in [0.15, 0.2) is 0 Å². The van der Waals surface area contributed by atoms with E-state index in [2.05, 4.69) is 68.2 Å². The van der Waals surface area contributed by atoms with Crippen LogP contribution >= 0.6 is 15.9 Å². The Morgan fingerprint density at radius 2 is 2.04 bits per heavy atom. The summed E-state index contributed by atoms with van der Waals surface area (Å²) in [5.74, 6) is 2.77. The molecule has 1 aliphatic rings. The van der Waals surface area contributed by atoms with Gasteiger partial charge in [0.1, 0.15) is 17.5 Å². The van der Waals surface area contributed by atoms with E-state index in [1.54, 1.807) is 0 Å². The van der Waals surface area contributed by atoms with Crippen molar-refractivity contribution < 1.29 is 5.11 Å². The lowest BCUT2D eigenvalue weighted by molar-refractivity contribution is 0.249. The van der Waals surface area contributed by atoms with Crippen molar-refractivity contribution in [1.82, 2.24) is 9.97 Å². The number of anilines is 2. The predicted molar refractivity (Wildman–Crippen MR) is 105 cm³/mol. The molecule has 2 heterocycles. The molecule has 0 aliphatic carbocycles. The second-order valence-corrected chi connectivity index (χ2v) is 7.84. The molecule has 0 unspecified atom stereocenters. The topological polar surface area (TPSA) is 61.3 Å². The smallest absolute Gasteiger partial charge is 0.134 e. The van der Waals surface area contributed by atoms with Gasteiger partial charge in [-0.3, -0.25) is 0 Å². The minimum Gasteiger partial charge on any atom is -0.394 e. The first-order valence-electron chi connectivity index (χ1n) is 8.71. The van der Waals surface area contributed by atoms with Crippen LogP contribution in [0.2, 0.25) is 0 Å². The number of hydrogen-bond donors (Lipinski definition) is 2. The quantitative estimate of drug-likeness (QED) is 0.797. The lowest BCUT2D eigenvalue weighted by Gasteiger charge is -2.30. The van der Waals surface area contributed by atoms with Gasteiger partial charge in [-0.25, -0.2) is 9.97 Å². The summed E-state index contributed by atoms with van der Waals surface area (Å²) in [6.07, 6.45) is 1.01. The Labute approximate surface area is 157 Å². The number of aliphatic hydroxyl groups is 1. The van der Waals surface area contributed by atoms with Crippen molar-refractivity contribution in [3.05, 3.63) is 45.7 Å². The van der Waals surface area contributed by atoms with E-state index in [4.69, 9.17) is 0 Å². The fraction of sp³-hybridized carbons (Fsp3) is 0.474. The molecule has 0 saturated heterocycles. The number of hydrogen-bond acceptors (Lipinski definition) is 5. The third kappa shape index (κ3) is 4.30. The molecule has 1 atom stereocenters. The van der Waals surface area contributed by atoms with Gasteiger partial charge in [0.05, 0.1) is 12.6 Å². The summed E-state index contributed by atoms with van der Waals surface area (Å²) in [4.78, 5) is 11.4. The standard InChI is InChI=1S/C19H25BrN4O/c1-12(2)17(11-25)23-18-9-19(22-13(3)21-18)24-7-6-14-8-16(20)5-4-15(14)10-24/h4-5,8-9,12,17,25H,6-7,10-11H2,1-3H3,(H,21,22,23)/t17-/m0/s1. The van der Waals surface area contributed by atoms with Crippen LogP contribution < -0.4 is 10.2 Å². The molecule has 2 aromatic rings. The second-order valence-electron chi connectivity index (χ2n) is 6.92. The maximum atomic E-state index is 9.56. The van der Waals surface area contributed by atoms with E-state index in [-0.39, 0.29) is 12.6 Å². The molecule has 1 aromatic heterocycles. The highest BCUT2D eigenvalue weighted by Gasteiger charge is 2.20. The van der Waals surface area contributed by atoms with Crippen LogP contribution in [-0.4, -0.2) is 34.3 Å². The Morgan fingerprint density at radius 3 is 2.76 bits per heavy atom. The number of aryl methyl sites for hydroxylation is 1. The van der Waals surface area contributed by atoms with Crippen LogP contribution in [-0.2, 0) is 13.0 Å². The minimum atomic E-state index is -0.0124. The molecule has 25 heavy (non-hydrogen) atoms. The largest absolute Gasteiger partial charge is 0.394 e. The van der Waals surface area contributed by atoms with Crippen LogP contribution in [0.25, 0.3) is 0 Å². The predicted octanol–water partition coefficient (Wildman–Crippen LogP) is 3.54. The average Bonchev–Trinajstić information content (AvgIpc) is 2.58. The van der Waals surface area contributed by atoms with Crippen LogP contribution in [0.3, 0.4) is 0 Å². The van der Waals surface area contributed by atoms with Crippen molar-refractivity contribution in [2.75, 3.05) is 23.4 Å². The zero-order valence-corrected chi connectivity index (χ0v) is 16.5. The molecule has 6 heteroatoms. The number of aromatic nitrogens is 2. The second kappa shape index (κ2) is 7.70. The van der Waals surface area contributed by atoms with Crippen LogP contribution in [0.5, 0.6) is 0 Å². The third-order valence-corrected chi connectivity index (χ3v) is 5.16. The van der Waals surface area contributed by atoms with Crippen molar-refractivity contribution in [3.63, 3.8) is 0 Å². The van der Waals surface area contributed by atoms with Crippen LogP contribution in [0.1, 0.15) is 30.8 Å². The Bertz CT molecular complexity index is 750. The van der Waals surface area contributed by atoms with Crippen molar-refractivity contribution in [3.8, 4) is 0 Å². The maximum absolute atomic E-state index is 9.56. The SMILES string of the molecule is Cc1nc(N[C@@H](CO)C(C)C)cc(N2CCc3cc(Br)ccc3C2)n1. The van der Waals surface area contributed by atoms with Crippen molar-refractivity contribution in [2.24, 2.45) is 5.92 Å². The lowest BCUT2D eigenvalue weighted by atomic mass is 10.00. The van der Waals surface area contributed by atoms with E-state index < -0.39 is 0 Å². The normalized spacial score (nSPS) is 15.2. The van der Waals surface area contributed by atoms with Gasteiger partial charge in [-0.2, -0.15) is 0 Å². The van der Waals surface area contributed by atoms with Crippen molar-refractivity contribution in [2.45, 2.75) is 39.8 Å². The monoisotopic (exact) mass is 404 g/mol. The molecule has 1 aliphatic heterocycles. The van der Waals surface area contributed by atoms with Gasteiger partial charge < -0.3 is 15.3 Å². The molecule has 0 saturated carbocycles. The summed E-state index contributed by atoms with van der Waals surface area (Å²) in [5.41, 5.74) is 2.74. The van der Waals surface area contributed by atoms with Crippen LogP contribution in [0.4, 0.5) is 11.6 Å². The van der Waals surface area contributed by atoms with E-state index >= 15 is 0 Å². The van der Waals surface area contributed by atoms with Gasteiger partial charge >= 0.3 is 0 Å². The molecule has 3 rings (SSSR count). The van der Waals surface area contributed by atoms with E-state index in [0.29, 0.717) is 5.92 Å². The van der Waals surface area contributed by atoms with Gasteiger partial charge in [-0.1, -0.05) is 35.8 Å². The summed E-state index contributed by atoms with van der Waals surface area (Å²) in [5, 5.41) is 12.9. The molecule has 0 bridgehead atoms. The first kappa shape index (κ1) is 18.1. The van der Waals surface area contributed by atoms with E-state index in [1.165, 1.54) is 11.1 Å². The summed E-state index contributed by atoms with van der Waals surface area (Å²) >= 11 is 3.55. The van der Waals surface area contributed by atoms with Gasteiger partial charge in [-0.15, -0.1) is 0 Å². The van der Waals surface area contributed by atoms with Gasteiger partial charge in [0, 0.05) is 23.6 Å². The molecule has 134 valence electrons. The highest BCUT2D eigenvalue weighted by Crippen LogP contribution is 2.27. The van der Waals surface area contributed by atoms with Gasteiger partial charge in [0.25, 0.3) is 0 Å². The minimum absolute atomic E-state index is 0.0124. The maximum Gasteiger partial charge on any atom is 0.134 e. The number of fused-ring (bicyclic) bond motifs is 1. The lowest BCUT2D eigenvalue weighted by Crippen LogP contribution is -2.32. The molecular weight excluding hydrogens is 380 g/mol. The molecule has 0 spiro atoms. The number of nitrogens with zero attached hydrogens (tertiary/aromatic N) is 3. The van der Waals surface area contributed by atoms with Crippen LogP contribution in [0.15, 0.2) is 28.7 Å². The number of benzene rings is 1. The molecule has 0 amide bonds. The molecule has 2 N–H and O–H groups in total. The highest BCUT2D eigenvalue weighted by atomic mass is 79.9. The number of nitrogens with one attached hydrogen (secondary N) is 1. The zero-order chi connectivity index (χ0) is 18.0. The zero-order valence-electron chi connectivity index (χ0n) is 15.0. The Hall–Kier alpha value is -1.66. The highest BCUT2D eigenvalue weighted by molar-refractivity contribution is 9.10. The first-order chi connectivity index (χ1) is 12.0. The number of aliphatic hydroxyl groups excluding tert-OH is 1.